The van der Waals surface area contributed by atoms with Gasteiger partial charge in [0.05, 0.1) is 16.5 Å². The summed E-state index contributed by atoms with van der Waals surface area (Å²) in [5.74, 6) is -0.678. The molecule has 3 aromatic rings. The Kier molecular flexibility index (Phi) is 6.05. The summed E-state index contributed by atoms with van der Waals surface area (Å²) < 4.78 is 63.6. The molecule has 8 nitrogen and oxygen atoms in total. The van der Waals surface area contributed by atoms with E-state index >= 15 is 0 Å². The van der Waals surface area contributed by atoms with E-state index in [0.717, 1.165) is 35.6 Å². The Labute approximate surface area is 180 Å². The molecule has 3 rings (SSSR count). The van der Waals surface area contributed by atoms with Crippen molar-refractivity contribution in [1.29, 1.82) is 0 Å². The summed E-state index contributed by atoms with van der Waals surface area (Å²) in [6.45, 7) is 1.54. The molecule has 2 heterocycles. The number of hydrogen-bond acceptors (Lipinski definition) is 6. The van der Waals surface area contributed by atoms with E-state index < -0.39 is 33.5 Å². The van der Waals surface area contributed by atoms with E-state index in [1.807, 2.05) is 0 Å². The molecule has 0 aliphatic rings. The van der Waals surface area contributed by atoms with Crippen LogP contribution in [0.4, 0.5) is 13.2 Å². The molecule has 1 N–H and O–H groups in total. The van der Waals surface area contributed by atoms with Crippen LogP contribution in [0.3, 0.4) is 0 Å². The molecule has 164 valence electrons. The maximum Gasteiger partial charge on any atom is 0.416 e. The first-order valence-electron chi connectivity index (χ1n) is 8.61. The molecule has 2 aromatic heterocycles. The maximum absolute atomic E-state index is 13.0. The zero-order chi connectivity index (χ0) is 23.0. The average Bonchev–Trinajstić information content (AvgIpc) is 3.16. The normalized spacial score (nSPS) is 13.1. The third-order valence-electron chi connectivity index (χ3n) is 4.16. The van der Waals surface area contributed by atoms with Crippen LogP contribution in [-0.2, 0) is 16.0 Å². The minimum atomic E-state index is -4.57. The van der Waals surface area contributed by atoms with Gasteiger partial charge in [-0.15, -0.1) is 0 Å². The number of rotatable bonds is 5. The lowest BCUT2D eigenvalue weighted by atomic mass is 10.2. The van der Waals surface area contributed by atoms with Crippen LogP contribution < -0.4 is 5.32 Å². The highest BCUT2D eigenvalue weighted by Crippen LogP contribution is 2.30. The fourth-order valence-corrected chi connectivity index (χ4v) is 3.67. The number of sulfone groups is 1. The first-order valence-corrected chi connectivity index (χ1v) is 10.9. The first kappa shape index (κ1) is 22.7. The number of carbonyl (C=O) groups is 1. The average molecular weight is 474 g/mol. The summed E-state index contributed by atoms with van der Waals surface area (Å²) in [5, 5.41) is 6.54. The van der Waals surface area contributed by atoms with Gasteiger partial charge in [0.2, 0.25) is 0 Å². The largest absolute Gasteiger partial charge is 0.416 e. The van der Waals surface area contributed by atoms with Gasteiger partial charge >= 0.3 is 6.18 Å². The van der Waals surface area contributed by atoms with E-state index in [2.05, 4.69) is 20.4 Å². The molecule has 0 unspecified atom stereocenters. The van der Waals surface area contributed by atoms with Gasteiger partial charge in [-0.05, 0) is 37.3 Å². The van der Waals surface area contributed by atoms with Crippen molar-refractivity contribution < 1.29 is 26.4 Å². The highest BCUT2D eigenvalue weighted by molar-refractivity contribution is 7.90. The van der Waals surface area contributed by atoms with Gasteiger partial charge in [0, 0.05) is 23.0 Å². The number of alkyl halides is 3. The maximum atomic E-state index is 13.0. The van der Waals surface area contributed by atoms with Gasteiger partial charge in [-0.25, -0.2) is 18.4 Å². The number of hydrogen-bond donors (Lipinski definition) is 1. The fourth-order valence-electron chi connectivity index (χ4n) is 2.69. The predicted octanol–water partition coefficient (Wildman–Crippen LogP) is 3.23. The van der Waals surface area contributed by atoms with E-state index in [1.165, 1.54) is 25.1 Å². The van der Waals surface area contributed by atoms with Crippen LogP contribution in [0, 0.1) is 0 Å². The number of aromatic nitrogens is 4. The molecule has 0 spiro atoms. The Morgan fingerprint density at radius 2 is 1.90 bits per heavy atom. The van der Waals surface area contributed by atoms with Gasteiger partial charge in [0.25, 0.3) is 5.91 Å². The summed E-state index contributed by atoms with van der Waals surface area (Å²) in [5.41, 5.74) is -0.925. The van der Waals surface area contributed by atoms with Crippen LogP contribution in [-0.4, -0.2) is 40.3 Å². The minimum Gasteiger partial charge on any atom is -0.342 e. The fraction of sp³-hybridized carbons (Fsp3) is 0.222. The number of nitrogens with one attached hydrogen (secondary N) is 1. The summed E-state index contributed by atoms with van der Waals surface area (Å²) in [7, 11) is -3.60. The molecule has 0 aliphatic heterocycles. The van der Waals surface area contributed by atoms with Crippen molar-refractivity contribution in [2.75, 3.05) is 6.26 Å². The number of carbonyl (C=O) groups excluding carboxylic acids is 1. The second-order valence-corrected chi connectivity index (χ2v) is 9.03. The number of benzene rings is 1. The van der Waals surface area contributed by atoms with Gasteiger partial charge in [0.15, 0.2) is 21.5 Å². The lowest BCUT2D eigenvalue weighted by Crippen LogP contribution is -2.29. The van der Waals surface area contributed by atoms with Crippen molar-refractivity contribution in [3.05, 3.63) is 64.8 Å². The summed E-state index contributed by atoms with van der Waals surface area (Å²) in [6.07, 6.45) is -1.48. The molecule has 1 amide bonds. The molecular formula is C18H15ClF3N5O3S. The summed E-state index contributed by atoms with van der Waals surface area (Å²) in [4.78, 5) is 20.4. The first-order chi connectivity index (χ1) is 14.4. The molecule has 0 bridgehead atoms. The van der Waals surface area contributed by atoms with Gasteiger partial charge in [-0.1, -0.05) is 11.6 Å². The van der Waals surface area contributed by atoms with Crippen LogP contribution in [0.1, 0.15) is 34.7 Å². The highest BCUT2D eigenvalue weighted by atomic mass is 35.5. The van der Waals surface area contributed by atoms with Gasteiger partial charge in [-0.2, -0.15) is 23.0 Å². The third kappa shape index (κ3) is 5.20. The van der Waals surface area contributed by atoms with Gasteiger partial charge < -0.3 is 5.32 Å². The quantitative estimate of drug-likeness (QED) is 0.609. The Morgan fingerprint density at radius 3 is 2.55 bits per heavy atom. The predicted molar refractivity (Wildman–Crippen MR) is 105 cm³/mol. The Hall–Kier alpha value is -2.99. The second-order valence-electron chi connectivity index (χ2n) is 6.57. The van der Waals surface area contributed by atoms with Crippen molar-refractivity contribution in [2.24, 2.45) is 0 Å². The lowest BCUT2D eigenvalue weighted by molar-refractivity contribution is -0.137. The van der Waals surface area contributed by atoms with Crippen LogP contribution in [0.5, 0.6) is 0 Å². The van der Waals surface area contributed by atoms with Crippen molar-refractivity contribution in [2.45, 2.75) is 24.0 Å². The molecule has 0 aliphatic carbocycles. The molecule has 0 radical (unpaired) electrons. The molecule has 1 aromatic carbocycles. The van der Waals surface area contributed by atoms with Gasteiger partial charge in [0.1, 0.15) is 6.33 Å². The zero-order valence-electron chi connectivity index (χ0n) is 16.1. The molecule has 0 fully saturated rings. The number of pyridine rings is 1. The number of amides is 1. The molecule has 0 saturated heterocycles. The topological polar surface area (TPSA) is 107 Å². The molecule has 31 heavy (non-hydrogen) atoms. The van der Waals surface area contributed by atoms with Crippen LogP contribution in [0.15, 0.2) is 47.8 Å². The van der Waals surface area contributed by atoms with Crippen LogP contribution >= 0.6 is 11.6 Å². The summed E-state index contributed by atoms with van der Waals surface area (Å²) in [6, 6.07) is 4.49. The lowest BCUT2D eigenvalue weighted by Gasteiger charge is -2.15. The summed E-state index contributed by atoms with van der Waals surface area (Å²) >= 11 is 5.92. The molecule has 0 saturated carbocycles. The third-order valence-corrected chi connectivity index (χ3v) is 5.47. The van der Waals surface area contributed by atoms with Crippen molar-refractivity contribution in [3.63, 3.8) is 0 Å². The van der Waals surface area contributed by atoms with Crippen LogP contribution in [0.2, 0.25) is 5.02 Å². The van der Waals surface area contributed by atoms with Crippen molar-refractivity contribution in [1.82, 2.24) is 25.1 Å². The van der Waals surface area contributed by atoms with E-state index in [4.69, 9.17) is 11.6 Å². The smallest absolute Gasteiger partial charge is 0.342 e. The molecule has 1 atom stereocenters. The van der Waals surface area contributed by atoms with E-state index in [1.54, 1.807) is 0 Å². The zero-order valence-corrected chi connectivity index (χ0v) is 17.6. The van der Waals surface area contributed by atoms with E-state index in [9.17, 15) is 26.4 Å². The van der Waals surface area contributed by atoms with Crippen LogP contribution in [0.25, 0.3) is 5.82 Å². The Balaban J connectivity index is 1.88. The van der Waals surface area contributed by atoms with Crippen molar-refractivity contribution in [3.8, 4) is 5.82 Å². The molecular weight excluding hydrogens is 459 g/mol. The molecule has 13 heteroatoms. The minimum absolute atomic E-state index is 0.0111. The van der Waals surface area contributed by atoms with E-state index in [-0.39, 0.29) is 27.1 Å². The van der Waals surface area contributed by atoms with Crippen molar-refractivity contribution >= 4 is 27.3 Å². The number of nitrogens with zero attached hydrogens (tertiary/aromatic N) is 4. The van der Waals surface area contributed by atoms with E-state index in [0.29, 0.717) is 0 Å². The Morgan fingerprint density at radius 1 is 1.19 bits per heavy atom. The Bertz CT molecular complexity index is 1240. The standard InChI is InChI=1S/C18H15ClF3N5O3S/c1-10(26-17(28)11-5-13(19)8-14(6-11)31(2,29)30)16-24-9-25-27(16)15-7-12(3-4-23-15)18(20,21)22/h3-10H,1-2H3,(H,26,28)/t10-/m1/s1. The SMILES string of the molecule is C[C@@H](NC(=O)c1cc(Cl)cc(S(C)(=O)=O)c1)c1ncnn1-c1cc(C(F)(F)F)ccn1. The number of halogens is 4. The second kappa shape index (κ2) is 8.27. The monoisotopic (exact) mass is 473 g/mol. The highest BCUT2D eigenvalue weighted by Gasteiger charge is 2.31. The van der Waals surface area contributed by atoms with Gasteiger partial charge in [-0.3, -0.25) is 4.79 Å².